The van der Waals surface area contributed by atoms with Gasteiger partial charge in [-0.05, 0) is 13.8 Å². The van der Waals surface area contributed by atoms with Crippen molar-refractivity contribution < 1.29 is 9.47 Å². The van der Waals surface area contributed by atoms with Crippen molar-refractivity contribution in [3.8, 4) is 0 Å². The van der Waals surface area contributed by atoms with Crippen molar-refractivity contribution in [3.05, 3.63) is 0 Å². The molecule has 0 bridgehead atoms. The smallest absolute Gasteiger partial charge is 0.0873 e. The van der Waals surface area contributed by atoms with Gasteiger partial charge in [-0.25, -0.2) is 0 Å². The van der Waals surface area contributed by atoms with Gasteiger partial charge in [0.25, 0.3) is 0 Å². The first kappa shape index (κ1) is 9.96. The first-order valence-corrected chi connectivity index (χ1v) is 4.68. The van der Waals surface area contributed by atoms with Crippen molar-refractivity contribution in [1.29, 1.82) is 0 Å². The van der Waals surface area contributed by atoms with Crippen molar-refractivity contribution >= 4 is 0 Å². The van der Waals surface area contributed by atoms with Gasteiger partial charge >= 0.3 is 0 Å². The summed E-state index contributed by atoms with van der Waals surface area (Å²) in [6.07, 6.45) is 1.86. The summed E-state index contributed by atoms with van der Waals surface area (Å²) in [4.78, 5) is 0. The Morgan fingerprint density at radius 3 is 2.50 bits per heavy atom. The van der Waals surface area contributed by atoms with Crippen LogP contribution in [0.4, 0.5) is 0 Å². The number of hydrogen-bond acceptors (Lipinski definition) is 3. The Labute approximate surface area is 74.2 Å². The maximum absolute atomic E-state index is 5.91. The maximum Gasteiger partial charge on any atom is 0.0873 e. The van der Waals surface area contributed by atoms with E-state index in [4.69, 9.17) is 15.2 Å². The average Bonchev–Trinajstić information content (AvgIpc) is 2.06. The van der Waals surface area contributed by atoms with Crippen molar-refractivity contribution in [2.75, 3.05) is 19.8 Å². The Morgan fingerprint density at radius 2 is 2.08 bits per heavy atom. The Bertz CT molecular complexity index is 125. The van der Waals surface area contributed by atoms with E-state index in [1.165, 1.54) is 0 Å². The monoisotopic (exact) mass is 173 g/mol. The largest absolute Gasteiger partial charge is 0.381 e. The SMILES string of the molecule is CCOC1([C@H](C)N)CCOCC1. The van der Waals surface area contributed by atoms with Crippen molar-refractivity contribution in [2.24, 2.45) is 5.73 Å². The minimum Gasteiger partial charge on any atom is -0.381 e. The molecule has 0 radical (unpaired) electrons. The number of rotatable bonds is 3. The van der Waals surface area contributed by atoms with E-state index in [1.807, 2.05) is 13.8 Å². The summed E-state index contributed by atoms with van der Waals surface area (Å²) in [6.45, 7) is 6.32. The molecule has 72 valence electrons. The number of nitrogens with two attached hydrogens (primary N) is 1. The average molecular weight is 173 g/mol. The van der Waals surface area contributed by atoms with E-state index in [9.17, 15) is 0 Å². The highest BCUT2D eigenvalue weighted by atomic mass is 16.5. The van der Waals surface area contributed by atoms with E-state index in [2.05, 4.69) is 0 Å². The van der Waals surface area contributed by atoms with Gasteiger partial charge in [-0.1, -0.05) is 0 Å². The molecule has 1 rings (SSSR count). The highest BCUT2D eigenvalue weighted by Crippen LogP contribution is 2.27. The van der Waals surface area contributed by atoms with Gasteiger partial charge in [0.2, 0.25) is 0 Å². The highest BCUT2D eigenvalue weighted by molar-refractivity contribution is 4.90. The van der Waals surface area contributed by atoms with Crippen LogP contribution in [0.2, 0.25) is 0 Å². The summed E-state index contributed by atoms with van der Waals surface area (Å²) in [5.74, 6) is 0. The third kappa shape index (κ3) is 1.97. The molecule has 0 aromatic heterocycles. The van der Waals surface area contributed by atoms with Gasteiger partial charge in [0.15, 0.2) is 0 Å². The third-order valence-corrected chi connectivity index (χ3v) is 2.60. The Morgan fingerprint density at radius 1 is 1.50 bits per heavy atom. The fraction of sp³-hybridized carbons (Fsp3) is 1.00. The fourth-order valence-corrected chi connectivity index (χ4v) is 1.74. The van der Waals surface area contributed by atoms with Crippen LogP contribution in [0.1, 0.15) is 26.7 Å². The van der Waals surface area contributed by atoms with Crippen LogP contribution in [0.5, 0.6) is 0 Å². The molecule has 0 spiro atoms. The van der Waals surface area contributed by atoms with Gasteiger partial charge in [-0.15, -0.1) is 0 Å². The molecule has 12 heavy (non-hydrogen) atoms. The number of hydrogen-bond donors (Lipinski definition) is 1. The molecule has 0 saturated carbocycles. The molecule has 1 fully saturated rings. The predicted octanol–water partition coefficient (Wildman–Crippen LogP) is 0.919. The predicted molar refractivity (Wildman–Crippen MR) is 48.1 cm³/mol. The molecule has 1 atom stereocenters. The summed E-state index contributed by atoms with van der Waals surface area (Å²) in [6, 6.07) is 0.0985. The summed E-state index contributed by atoms with van der Waals surface area (Å²) < 4.78 is 11.0. The van der Waals surface area contributed by atoms with Crippen LogP contribution in [0.15, 0.2) is 0 Å². The van der Waals surface area contributed by atoms with Crippen LogP contribution < -0.4 is 5.73 Å². The van der Waals surface area contributed by atoms with Crippen molar-refractivity contribution in [2.45, 2.75) is 38.3 Å². The van der Waals surface area contributed by atoms with E-state index in [0.29, 0.717) is 0 Å². The van der Waals surface area contributed by atoms with E-state index < -0.39 is 0 Å². The molecule has 0 unspecified atom stereocenters. The fourth-order valence-electron chi connectivity index (χ4n) is 1.74. The molecular weight excluding hydrogens is 154 g/mol. The second kappa shape index (κ2) is 4.21. The third-order valence-electron chi connectivity index (χ3n) is 2.60. The van der Waals surface area contributed by atoms with E-state index in [1.54, 1.807) is 0 Å². The van der Waals surface area contributed by atoms with Crippen LogP contribution >= 0.6 is 0 Å². The van der Waals surface area contributed by atoms with Gasteiger partial charge in [-0.3, -0.25) is 0 Å². The lowest BCUT2D eigenvalue weighted by Crippen LogP contribution is -2.51. The zero-order valence-corrected chi connectivity index (χ0v) is 8.01. The summed E-state index contributed by atoms with van der Waals surface area (Å²) in [7, 11) is 0. The first-order chi connectivity index (χ1) is 5.71. The second-order valence-electron chi connectivity index (χ2n) is 3.40. The highest BCUT2D eigenvalue weighted by Gasteiger charge is 2.36. The van der Waals surface area contributed by atoms with Gasteiger partial charge in [0.05, 0.1) is 5.60 Å². The molecule has 1 heterocycles. The summed E-state index contributed by atoms with van der Waals surface area (Å²) in [5, 5.41) is 0. The van der Waals surface area contributed by atoms with E-state index in [0.717, 1.165) is 32.7 Å². The maximum atomic E-state index is 5.91. The lowest BCUT2D eigenvalue weighted by Gasteiger charge is -2.39. The van der Waals surface area contributed by atoms with E-state index >= 15 is 0 Å². The van der Waals surface area contributed by atoms with Crippen LogP contribution in [-0.2, 0) is 9.47 Å². The Hall–Kier alpha value is -0.120. The molecule has 1 saturated heterocycles. The topological polar surface area (TPSA) is 44.5 Å². The van der Waals surface area contributed by atoms with E-state index in [-0.39, 0.29) is 11.6 Å². The zero-order valence-electron chi connectivity index (χ0n) is 8.01. The lowest BCUT2D eigenvalue weighted by molar-refractivity contribution is -0.117. The molecule has 3 heteroatoms. The molecule has 1 aliphatic heterocycles. The molecular formula is C9H19NO2. The molecule has 0 amide bonds. The molecule has 0 aromatic rings. The van der Waals surface area contributed by atoms with Gasteiger partial charge in [-0.2, -0.15) is 0 Å². The van der Waals surface area contributed by atoms with Gasteiger partial charge in [0, 0.05) is 38.7 Å². The van der Waals surface area contributed by atoms with Crippen molar-refractivity contribution in [3.63, 3.8) is 0 Å². The zero-order chi connectivity index (χ0) is 9.03. The summed E-state index contributed by atoms with van der Waals surface area (Å²) >= 11 is 0. The number of ether oxygens (including phenoxy) is 2. The van der Waals surface area contributed by atoms with Crippen LogP contribution in [0.25, 0.3) is 0 Å². The van der Waals surface area contributed by atoms with Gasteiger partial charge in [0.1, 0.15) is 0 Å². The molecule has 2 N–H and O–H groups in total. The van der Waals surface area contributed by atoms with Crippen LogP contribution in [0, 0.1) is 0 Å². The lowest BCUT2D eigenvalue weighted by atomic mass is 9.87. The Balaban J connectivity index is 2.56. The minimum absolute atomic E-state index is 0.0985. The first-order valence-electron chi connectivity index (χ1n) is 4.68. The van der Waals surface area contributed by atoms with Gasteiger partial charge < -0.3 is 15.2 Å². The molecule has 3 nitrogen and oxygen atoms in total. The second-order valence-corrected chi connectivity index (χ2v) is 3.40. The summed E-state index contributed by atoms with van der Waals surface area (Å²) in [5.41, 5.74) is 5.79. The minimum atomic E-state index is -0.118. The molecule has 0 aliphatic carbocycles. The molecule has 0 aromatic carbocycles. The van der Waals surface area contributed by atoms with Crippen molar-refractivity contribution in [1.82, 2.24) is 0 Å². The quantitative estimate of drug-likeness (QED) is 0.690. The Kier molecular flexibility index (Phi) is 3.50. The van der Waals surface area contributed by atoms with Crippen LogP contribution in [-0.4, -0.2) is 31.5 Å². The molecule has 1 aliphatic rings. The standard InChI is InChI=1S/C9H19NO2/c1-3-12-9(8(2)10)4-6-11-7-5-9/h8H,3-7,10H2,1-2H3/t8-/m0/s1. The van der Waals surface area contributed by atoms with Crippen LogP contribution in [0.3, 0.4) is 0 Å². The normalized spacial score (nSPS) is 25.2.